The molecule has 0 heterocycles. The molecule has 0 saturated carbocycles. The van der Waals surface area contributed by atoms with Crippen molar-refractivity contribution in [1.82, 2.24) is 0 Å². The highest BCUT2D eigenvalue weighted by molar-refractivity contribution is 6.39. The topological polar surface area (TPSA) is 17.1 Å². The molecule has 0 aliphatic heterocycles. The van der Waals surface area contributed by atoms with Crippen LogP contribution in [-0.4, -0.2) is 5.78 Å². The van der Waals surface area contributed by atoms with E-state index in [1.54, 1.807) is 0 Å². The lowest BCUT2D eigenvalue weighted by atomic mass is 9.81. The fourth-order valence-corrected chi connectivity index (χ4v) is 1.90. The van der Waals surface area contributed by atoms with Crippen LogP contribution in [0, 0.1) is 0 Å². The van der Waals surface area contributed by atoms with Crippen LogP contribution in [0.2, 0.25) is 0 Å². The highest BCUT2D eigenvalue weighted by Crippen LogP contribution is 2.35. The van der Waals surface area contributed by atoms with Gasteiger partial charge in [0.05, 0.1) is 0 Å². The maximum Gasteiger partial charge on any atom is 0.193 e. The fraction of sp³-hybridized carbons (Fsp3) is 0. The van der Waals surface area contributed by atoms with Crippen molar-refractivity contribution in [3.8, 4) is 0 Å². The van der Waals surface area contributed by atoms with E-state index >= 15 is 0 Å². The lowest BCUT2D eigenvalue weighted by molar-refractivity contribution is 0.104. The van der Waals surface area contributed by atoms with Crippen molar-refractivity contribution >= 4 is 22.1 Å². The molecule has 0 radical (unpaired) electrons. The molecule has 3 rings (SSSR count). The summed E-state index contributed by atoms with van der Waals surface area (Å²) in [5, 5.41) is 2.28. The Morgan fingerprint density at radius 3 is 2.14 bits per heavy atom. The molecular weight excluding hydrogens is 172 g/mol. The maximum atomic E-state index is 11.4. The molecule has 14 heavy (non-hydrogen) atoms. The van der Waals surface area contributed by atoms with Gasteiger partial charge in [0.1, 0.15) is 0 Å². The first-order valence-corrected chi connectivity index (χ1v) is 4.54. The number of fused-ring (bicyclic) bond motifs is 2. The first-order chi connectivity index (χ1) is 6.77. The number of Topliss-reactive ketones (excluding diaryl/α,β-unsaturated/α-hetero) is 1. The van der Waals surface area contributed by atoms with Crippen LogP contribution in [0.4, 0.5) is 0 Å². The van der Waals surface area contributed by atoms with Crippen LogP contribution < -0.4 is 0 Å². The minimum atomic E-state index is 0.0887. The fourth-order valence-electron chi connectivity index (χ4n) is 1.90. The van der Waals surface area contributed by atoms with Crippen LogP contribution in [0.25, 0.3) is 16.3 Å². The summed E-state index contributed by atoms with van der Waals surface area (Å²) >= 11 is 0. The van der Waals surface area contributed by atoms with E-state index in [1.165, 1.54) is 5.39 Å². The number of carbonyl (C=O) groups excluding carboxylic acids is 1. The second-order valence-corrected chi connectivity index (χ2v) is 3.55. The van der Waals surface area contributed by atoms with Gasteiger partial charge in [-0.1, -0.05) is 30.8 Å². The third-order valence-electron chi connectivity index (χ3n) is 2.73. The zero-order chi connectivity index (χ0) is 9.71. The van der Waals surface area contributed by atoms with Gasteiger partial charge >= 0.3 is 0 Å². The summed E-state index contributed by atoms with van der Waals surface area (Å²) in [6, 6.07) is 12.0. The minimum absolute atomic E-state index is 0.0887. The number of hydrogen-bond donors (Lipinski definition) is 0. The van der Waals surface area contributed by atoms with Crippen LogP contribution in [0.5, 0.6) is 0 Å². The molecule has 66 valence electrons. The van der Waals surface area contributed by atoms with E-state index in [0.717, 1.165) is 16.5 Å². The van der Waals surface area contributed by atoms with Gasteiger partial charge in [-0.25, -0.2) is 0 Å². The molecule has 0 fully saturated rings. The van der Waals surface area contributed by atoms with Crippen LogP contribution in [-0.2, 0) is 0 Å². The highest BCUT2D eigenvalue weighted by Gasteiger charge is 2.27. The van der Waals surface area contributed by atoms with Gasteiger partial charge in [0, 0.05) is 11.1 Å². The van der Waals surface area contributed by atoms with Gasteiger partial charge in [-0.3, -0.25) is 4.79 Å². The largest absolute Gasteiger partial charge is 0.289 e. The van der Waals surface area contributed by atoms with Crippen LogP contribution in [0.15, 0.2) is 43.0 Å². The molecule has 0 spiro atoms. The van der Waals surface area contributed by atoms with Crippen molar-refractivity contribution in [2.24, 2.45) is 0 Å². The number of allylic oxidation sites excluding steroid dienone is 1. The summed E-state index contributed by atoms with van der Waals surface area (Å²) in [5.74, 6) is 0.0887. The number of benzene rings is 2. The van der Waals surface area contributed by atoms with E-state index in [9.17, 15) is 4.79 Å². The third kappa shape index (κ3) is 0.765. The highest BCUT2D eigenvalue weighted by atomic mass is 16.1. The van der Waals surface area contributed by atoms with Crippen molar-refractivity contribution in [1.29, 1.82) is 0 Å². The van der Waals surface area contributed by atoms with Crippen LogP contribution in [0.3, 0.4) is 0 Å². The molecule has 0 atom stereocenters. The number of hydrogen-bond acceptors (Lipinski definition) is 1. The Hall–Kier alpha value is -1.89. The van der Waals surface area contributed by atoms with Gasteiger partial charge in [-0.05, 0) is 28.5 Å². The summed E-state index contributed by atoms with van der Waals surface area (Å²) in [7, 11) is 0. The Balaban J connectivity index is 2.42. The van der Waals surface area contributed by atoms with Crippen molar-refractivity contribution in [3.63, 3.8) is 0 Å². The van der Waals surface area contributed by atoms with Crippen molar-refractivity contribution in [3.05, 3.63) is 54.1 Å². The van der Waals surface area contributed by atoms with Gasteiger partial charge in [-0.2, -0.15) is 0 Å². The lowest BCUT2D eigenvalue weighted by Gasteiger charge is -2.20. The minimum Gasteiger partial charge on any atom is -0.289 e. The standard InChI is InChI=1S/C13H8O/c1-8-11-6-9-4-2-3-5-10(9)7-12(11)13(8)14/h2-7H,1H2. The van der Waals surface area contributed by atoms with E-state index < -0.39 is 0 Å². The molecule has 0 aromatic heterocycles. The summed E-state index contributed by atoms with van der Waals surface area (Å²) in [4.78, 5) is 11.4. The molecule has 2 aromatic rings. The summed E-state index contributed by atoms with van der Waals surface area (Å²) in [6.45, 7) is 3.74. The smallest absolute Gasteiger partial charge is 0.193 e. The SMILES string of the molecule is C=C1C(=O)c2cc3ccccc3cc21. The Morgan fingerprint density at radius 1 is 0.929 bits per heavy atom. The molecule has 0 unspecified atom stereocenters. The van der Waals surface area contributed by atoms with Gasteiger partial charge in [-0.15, -0.1) is 0 Å². The summed E-state index contributed by atoms with van der Waals surface area (Å²) < 4.78 is 0. The van der Waals surface area contributed by atoms with Crippen LogP contribution >= 0.6 is 0 Å². The number of carbonyl (C=O) groups is 1. The Labute approximate surface area is 81.7 Å². The number of ketones is 1. The van der Waals surface area contributed by atoms with Crippen molar-refractivity contribution < 1.29 is 4.79 Å². The van der Waals surface area contributed by atoms with Gasteiger partial charge in [0.25, 0.3) is 0 Å². The average molecular weight is 180 g/mol. The molecule has 0 saturated heterocycles. The van der Waals surface area contributed by atoms with E-state index in [4.69, 9.17) is 0 Å². The van der Waals surface area contributed by atoms with Crippen molar-refractivity contribution in [2.75, 3.05) is 0 Å². The monoisotopic (exact) mass is 180 g/mol. The second kappa shape index (κ2) is 2.32. The molecule has 1 heteroatoms. The molecular formula is C13H8O. The van der Waals surface area contributed by atoms with Gasteiger partial charge in [0.2, 0.25) is 0 Å². The zero-order valence-electron chi connectivity index (χ0n) is 7.58. The van der Waals surface area contributed by atoms with E-state index in [0.29, 0.717) is 5.57 Å². The van der Waals surface area contributed by atoms with Gasteiger partial charge in [0.15, 0.2) is 5.78 Å². The van der Waals surface area contributed by atoms with E-state index in [-0.39, 0.29) is 5.78 Å². The summed E-state index contributed by atoms with van der Waals surface area (Å²) in [6.07, 6.45) is 0. The molecule has 0 N–H and O–H groups in total. The van der Waals surface area contributed by atoms with Crippen molar-refractivity contribution in [2.45, 2.75) is 0 Å². The van der Waals surface area contributed by atoms with Crippen LogP contribution in [0.1, 0.15) is 15.9 Å². The maximum absolute atomic E-state index is 11.4. The predicted molar refractivity (Wildman–Crippen MR) is 57.3 cm³/mol. The molecule has 1 aliphatic rings. The first-order valence-electron chi connectivity index (χ1n) is 4.54. The first kappa shape index (κ1) is 7.51. The van der Waals surface area contributed by atoms with E-state index in [1.807, 2.05) is 36.4 Å². The predicted octanol–water partition coefficient (Wildman–Crippen LogP) is 3.05. The Bertz CT molecular complexity index is 526. The lowest BCUT2D eigenvalue weighted by Crippen LogP contribution is -2.16. The normalized spacial score (nSPS) is 14.0. The second-order valence-electron chi connectivity index (χ2n) is 3.55. The number of rotatable bonds is 0. The molecule has 2 aromatic carbocycles. The Morgan fingerprint density at radius 2 is 1.50 bits per heavy atom. The average Bonchev–Trinajstić information content (AvgIpc) is 2.26. The third-order valence-corrected chi connectivity index (χ3v) is 2.73. The molecule has 0 amide bonds. The van der Waals surface area contributed by atoms with Gasteiger partial charge < -0.3 is 0 Å². The Kier molecular flexibility index (Phi) is 1.25. The van der Waals surface area contributed by atoms with E-state index in [2.05, 4.69) is 6.58 Å². The zero-order valence-corrected chi connectivity index (χ0v) is 7.58. The summed E-state index contributed by atoms with van der Waals surface area (Å²) in [5.41, 5.74) is 2.47. The molecule has 0 bridgehead atoms. The molecule has 1 aliphatic carbocycles. The molecule has 1 nitrogen and oxygen atoms in total. The quantitative estimate of drug-likeness (QED) is 0.569.